The number of ether oxygens (including phenoxy) is 1. The monoisotopic (exact) mass is 403 g/mol. The van der Waals surface area contributed by atoms with Crippen molar-refractivity contribution in [1.82, 2.24) is 16.0 Å². The molecule has 1 aromatic carbocycles. The molecule has 158 valence electrons. The largest absolute Gasteiger partial charge is 0.445 e. The van der Waals surface area contributed by atoms with Crippen LogP contribution in [0.4, 0.5) is 4.79 Å². The molecule has 3 N–H and O–H groups in total. The van der Waals surface area contributed by atoms with Crippen LogP contribution in [0.1, 0.15) is 38.7 Å². The molecule has 2 rings (SSSR count). The number of hydrogen-bond donors (Lipinski definition) is 3. The number of benzene rings is 1. The summed E-state index contributed by atoms with van der Waals surface area (Å²) >= 11 is 0. The van der Waals surface area contributed by atoms with Crippen molar-refractivity contribution in [2.24, 2.45) is 11.8 Å². The maximum absolute atomic E-state index is 12.7. The first-order valence-corrected chi connectivity index (χ1v) is 9.89. The summed E-state index contributed by atoms with van der Waals surface area (Å²) in [7, 11) is 0. The van der Waals surface area contributed by atoms with Crippen LogP contribution in [0.15, 0.2) is 30.3 Å². The number of amides is 3. The molecule has 8 nitrogen and oxygen atoms in total. The summed E-state index contributed by atoms with van der Waals surface area (Å²) in [5.74, 6) is -0.730. The Balaban J connectivity index is 1.90. The van der Waals surface area contributed by atoms with E-state index in [4.69, 9.17) is 4.74 Å². The fourth-order valence-electron chi connectivity index (χ4n) is 3.22. The standard InChI is InChI=1S/C21H29N3O5/c1-14(2)10-18(24-21(28)29-13-15-6-4-3-5-7-15)20(27)23-17(12-25)11-16-8-9-22-19(16)26/h3-7,12,14,16-18H,8-11,13H2,1-2H3,(H,22,26)(H,23,27)(H,24,28)/t16?,17-,18-/m1/s1. The normalized spacial score (nSPS) is 17.9. The van der Waals surface area contributed by atoms with Crippen LogP contribution in [0.2, 0.25) is 0 Å². The van der Waals surface area contributed by atoms with Crippen LogP contribution < -0.4 is 16.0 Å². The second-order valence-corrected chi connectivity index (χ2v) is 7.65. The molecule has 1 aliphatic rings. The van der Waals surface area contributed by atoms with Crippen LogP contribution in [0.5, 0.6) is 0 Å². The molecule has 8 heteroatoms. The molecule has 1 saturated heterocycles. The lowest BCUT2D eigenvalue weighted by Gasteiger charge is -2.23. The van der Waals surface area contributed by atoms with Gasteiger partial charge in [-0.25, -0.2) is 4.79 Å². The zero-order valence-corrected chi connectivity index (χ0v) is 16.9. The first-order chi connectivity index (χ1) is 13.9. The molecule has 0 bridgehead atoms. The number of carbonyl (C=O) groups is 4. The van der Waals surface area contributed by atoms with Crippen LogP contribution in [0, 0.1) is 11.8 Å². The van der Waals surface area contributed by atoms with Gasteiger partial charge in [0.1, 0.15) is 18.9 Å². The molecule has 1 fully saturated rings. The van der Waals surface area contributed by atoms with E-state index < -0.39 is 24.1 Å². The van der Waals surface area contributed by atoms with E-state index in [1.807, 2.05) is 44.2 Å². The second kappa shape index (κ2) is 11.2. The smallest absolute Gasteiger partial charge is 0.408 e. The Bertz CT molecular complexity index is 708. The minimum atomic E-state index is -0.835. The molecule has 0 saturated carbocycles. The topological polar surface area (TPSA) is 114 Å². The van der Waals surface area contributed by atoms with E-state index in [9.17, 15) is 19.2 Å². The molecule has 1 unspecified atom stereocenters. The van der Waals surface area contributed by atoms with Crippen LogP contribution in [0.3, 0.4) is 0 Å². The maximum Gasteiger partial charge on any atom is 0.408 e. The van der Waals surface area contributed by atoms with Crippen LogP contribution in [0.25, 0.3) is 0 Å². The van der Waals surface area contributed by atoms with Crippen molar-refractivity contribution in [3.8, 4) is 0 Å². The lowest BCUT2D eigenvalue weighted by atomic mass is 9.98. The van der Waals surface area contributed by atoms with Crippen molar-refractivity contribution < 1.29 is 23.9 Å². The average Bonchev–Trinajstić information content (AvgIpc) is 3.10. The molecule has 1 aromatic rings. The zero-order valence-electron chi connectivity index (χ0n) is 16.9. The van der Waals surface area contributed by atoms with Crippen molar-refractivity contribution in [2.75, 3.05) is 6.54 Å². The molecule has 0 radical (unpaired) electrons. The number of aldehydes is 1. The lowest BCUT2D eigenvalue weighted by Crippen LogP contribution is -2.51. The van der Waals surface area contributed by atoms with Gasteiger partial charge >= 0.3 is 6.09 Å². The molecule has 3 amide bonds. The number of hydrogen-bond acceptors (Lipinski definition) is 5. The van der Waals surface area contributed by atoms with Crippen molar-refractivity contribution in [3.05, 3.63) is 35.9 Å². The number of alkyl carbamates (subject to hydrolysis) is 1. The number of carbonyl (C=O) groups excluding carboxylic acids is 4. The van der Waals surface area contributed by atoms with Gasteiger partial charge in [-0.15, -0.1) is 0 Å². The van der Waals surface area contributed by atoms with E-state index in [-0.39, 0.29) is 30.8 Å². The molecule has 0 aromatic heterocycles. The van der Waals surface area contributed by atoms with Crippen molar-refractivity contribution in [1.29, 1.82) is 0 Å². The Morgan fingerprint density at radius 3 is 2.55 bits per heavy atom. The minimum Gasteiger partial charge on any atom is -0.445 e. The van der Waals surface area contributed by atoms with E-state index in [1.165, 1.54) is 0 Å². The molecular weight excluding hydrogens is 374 g/mol. The van der Waals surface area contributed by atoms with E-state index in [2.05, 4.69) is 16.0 Å². The predicted molar refractivity (Wildman–Crippen MR) is 107 cm³/mol. The highest BCUT2D eigenvalue weighted by Crippen LogP contribution is 2.16. The van der Waals surface area contributed by atoms with Gasteiger partial charge in [0.2, 0.25) is 11.8 Å². The Hall–Kier alpha value is -2.90. The second-order valence-electron chi connectivity index (χ2n) is 7.65. The van der Waals surface area contributed by atoms with E-state index in [0.717, 1.165) is 5.56 Å². The third-order valence-corrected chi connectivity index (χ3v) is 4.72. The predicted octanol–water partition coefficient (Wildman–Crippen LogP) is 1.54. The number of nitrogens with one attached hydrogen (secondary N) is 3. The molecule has 1 aliphatic heterocycles. The zero-order chi connectivity index (χ0) is 21.2. The molecule has 29 heavy (non-hydrogen) atoms. The summed E-state index contributed by atoms with van der Waals surface area (Å²) in [5.41, 5.74) is 0.836. The van der Waals surface area contributed by atoms with Gasteiger partial charge in [-0.2, -0.15) is 0 Å². The van der Waals surface area contributed by atoms with Crippen LogP contribution in [-0.2, 0) is 25.7 Å². The van der Waals surface area contributed by atoms with E-state index in [1.54, 1.807) is 0 Å². The van der Waals surface area contributed by atoms with Gasteiger partial charge in [0.25, 0.3) is 0 Å². The van der Waals surface area contributed by atoms with Gasteiger partial charge in [-0.05, 0) is 30.7 Å². The quantitative estimate of drug-likeness (QED) is 0.513. The van der Waals surface area contributed by atoms with Gasteiger partial charge in [-0.1, -0.05) is 44.2 Å². The highest BCUT2D eigenvalue weighted by Gasteiger charge is 2.30. The van der Waals surface area contributed by atoms with Crippen molar-refractivity contribution in [3.63, 3.8) is 0 Å². The summed E-state index contributed by atoms with van der Waals surface area (Å²) in [5, 5.41) is 7.94. The maximum atomic E-state index is 12.7. The van der Waals surface area contributed by atoms with Gasteiger partial charge in [-0.3, -0.25) is 9.59 Å². The van der Waals surface area contributed by atoms with Gasteiger partial charge in [0, 0.05) is 12.5 Å². The Morgan fingerprint density at radius 1 is 1.24 bits per heavy atom. The third-order valence-electron chi connectivity index (χ3n) is 4.72. The lowest BCUT2D eigenvalue weighted by molar-refractivity contribution is -0.127. The summed E-state index contributed by atoms with van der Waals surface area (Å²) < 4.78 is 5.19. The van der Waals surface area contributed by atoms with Gasteiger partial charge in [0.05, 0.1) is 6.04 Å². The Labute approximate surface area is 170 Å². The van der Waals surface area contributed by atoms with Gasteiger partial charge in [0.15, 0.2) is 0 Å². The first-order valence-electron chi connectivity index (χ1n) is 9.89. The summed E-state index contributed by atoms with van der Waals surface area (Å²) in [6, 6.07) is 7.60. The minimum absolute atomic E-state index is 0.0937. The summed E-state index contributed by atoms with van der Waals surface area (Å²) in [4.78, 5) is 47.9. The summed E-state index contributed by atoms with van der Waals surface area (Å²) in [6.07, 6.45) is 1.20. The first kappa shape index (κ1) is 22.4. The van der Waals surface area contributed by atoms with Gasteiger partial charge < -0.3 is 25.5 Å². The fourth-order valence-corrected chi connectivity index (χ4v) is 3.22. The summed E-state index contributed by atoms with van der Waals surface area (Å²) in [6.45, 7) is 4.53. The van der Waals surface area contributed by atoms with Crippen LogP contribution >= 0.6 is 0 Å². The molecule has 0 aliphatic carbocycles. The highest BCUT2D eigenvalue weighted by atomic mass is 16.5. The highest BCUT2D eigenvalue weighted by molar-refractivity contribution is 5.88. The third kappa shape index (κ3) is 7.56. The van der Waals surface area contributed by atoms with E-state index in [0.29, 0.717) is 25.7 Å². The Morgan fingerprint density at radius 2 is 1.97 bits per heavy atom. The SMILES string of the molecule is CC(C)C[C@@H](NC(=O)OCc1ccccc1)C(=O)N[C@@H](C=O)CC1CCNC1=O. The average molecular weight is 403 g/mol. The molecule has 1 heterocycles. The Kier molecular flexibility index (Phi) is 8.64. The number of rotatable bonds is 10. The molecule has 0 spiro atoms. The molecular formula is C21H29N3O5. The van der Waals surface area contributed by atoms with Crippen molar-refractivity contribution >= 4 is 24.2 Å². The fraction of sp³-hybridized carbons (Fsp3) is 0.524. The van der Waals surface area contributed by atoms with Crippen LogP contribution in [-0.4, -0.2) is 42.8 Å². The van der Waals surface area contributed by atoms with Crippen molar-refractivity contribution in [2.45, 2.75) is 51.8 Å². The van der Waals surface area contributed by atoms with E-state index >= 15 is 0 Å². The molecule has 3 atom stereocenters.